The van der Waals surface area contributed by atoms with Gasteiger partial charge in [-0.25, -0.2) is 27.3 Å². The Hall–Kier alpha value is -3.77. The second-order valence-corrected chi connectivity index (χ2v) is 6.86. The molecule has 3 aromatic rings. The maximum absolute atomic E-state index is 15.1. The average Bonchev–Trinajstić information content (AvgIpc) is 2.73. The first kappa shape index (κ1) is 21.9. The molecule has 0 fully saturated rings. The first-order valence-corrected chi connectivity index (χ1v) is 9.69. The number of hydrogen-bond acceptors (Lipinski definition) is 5. The van der Waals surface area contributed by atoms with Crippen LogP contribution in [0.3, 0.4) is 0 Å². The molecule has 0 aliphatic heterocycles. The molecule has 3 rings (SSSR count). The van der Waals surface area contributed by atoms with Gasteiger partial charge in [0.1, 0.15) is 23.1 Å². The third kappa shape index (κ3) is 5.05. The van der Waals surface area contributed by atoms with Gasteiger partial charge in [0.05, 0.1) is 11.3 Å². The SMILES string of the molecule is CC(=O)Nc1ccc(C(=O)Nc2c(F)ccc(N(c3ccccn3)S(=O)O)c2F)cn1. The van der Waals surface area contributed by atoms with Crippen LogP contribution in [0.15, 0.2) is 54.9 Å². The number of hydrogen-bond donors (Lipinski definition) is 3. The van der Waals surface area contributed by atoms with Gasteiger partial charge < -0.3 is 10.6 Å². The number of anilines is 4. The molecule has 0 saturated heterocycles. The van der Waals surface area contributed by atoms with Gasteiger partial charge >= 0.3 is 0 Å². The smallest absolute Gasteiger partial charge is 0.267 e. The fourth-order valence-corrected chi connectivity index (χ4v) is 3.12. The Kier molecular flexibility index (Phi) is 6.62. The molecule has 1 atom stereocenters. The van der Waals surface area contributed by atoms with Crippen LogP contribution >= 0.6 is 0 Å². The van der Waals surface area contributed by atoms with Crippen molar-refractivity contribution in [2.24, 2.45) is 0 Å². The summed E-state index contributed by atoms with van der Waals surface area (Å²) in [6.07, 6.45) is 2.44. The molecule has 2 aromatic heterocycles. The van der Waals surface area contributed by atoms with Crippen LogP contribution < -0.4 is 14.9 Å². The molecule has 0 spiro atoms. The predicted molar refractivity (Wildman–Crippen MR) is 110 cm³/mol. The highest BCUT2D eigenvalue weighted by molar-refractivity contribution is 7.81. The minimum Gasteiger partial charge on any atom is -0.317 e. The molecule has 2 heterocycles. The molecule has 0 bridgehead atoms. The predicted octanol–water partition coefficient (Wildman–Crippen LogP) is 3.24. The molecule has 0 aliphatic rings. The monoisotopic (exact) mass is 447 g/mol. The van der Waals surface area contributed by atoms with Gasteiger partial charge in [-0.2, -0.15) is 0 Å². The first-order valence-electron chi connectivity index (χ1n) is 8.63. The van der Waals surface area contributed by atoms with Crippen LogP contribution in [-0.2, 0) is 16.1 Å². The third-order valence-corrected chi connectivity index (χ3v) is 4.57. The number of carbonyl (C=O) groups is 2. The molecule has 12 heteroatoms. The maximum atomic E-state index is 15.1. The van der Waals surface area contributed by atoms with Gasteiger partial charge in [-0.3, -0.25) is 14.1 Å². The van der Waals surface area contributed by atoms with Crippen molar-refractivity contribution < 1.29 is 27.1 Å². The molecule has 9 nitrogen and oxygen atoms in total. The average molecular weight is 447 g/mol. The Morgan fingerprint density at radius 2 is 1.84 bits per heavy atom. The molecular formula is C19H15F2N5O4S. The molecule has 1 unspecified atom stereocenters. The van der Waals surface area contributed by atoms with Gasteiger partial charge in [-0.1, -0.05) is 6.07 Å². The van der Waals surface area contributed by atoms with Gasteiger partial charge in [0.25, 0.3) is 17.2 Å². The van der Waals surface area contributed by atoms with Crippen LogP contribution in [0.2, 0.25) is 0 Å². The summed E-state index contributed by atoms with van der Waals surface area (Å²) in [6.45, 7) is 1.29. The van der Waals surface area contributed by atoms with Gasteiger partial charge in [0.2, 0.25) is 5.91 Å². The second kappa shape index (κ2) is 9.36. The summed E-state index contributed by atoms with van der Waals surface area (Å²) in [6, 6.07) is 8.87. The Labute approximate surface area is 177 Å². The Morgan fingerprint density at radius 3 is 2.42 bits per heavy atom. The molecule has 2 amide bonds. The highest BCUT2D eigenvalue weighted by Gasteiger charge is 2.25. The third-order valence-electron chi connectivity index (χ3n) is 3.87. The van der Waals surface area contributed by atoms with E-state index in [2.05, 4.69) is 20.6 Å². The molecule has 160 valence electrons. The number of nitrogens with one attached hydrogen (secondary N) is 2. The van der Waals surface area contributed by atoms with Crippen molar-refractivity contribution in [1.29, 1.82) is 0 Å². The van der Waals surface area contributed by atoms with Crippen LogP contribution in [0, 0.1) is 11.6 Å². The molecule has 0 aliphatic carbocycles. The van der Waals surface area contributed by atoms with E-state index in [-0.39, 0.29) is 23.1 Å². The van der Waals surface area contributed by atoms with E-state index >= 15 is 4.39 Å². The number of amides is 2. The summed E-state index contributed by atoms with van der Waals surface area (Å²) >= 11 is -2.74. The van der Waals surface area contributed by atoms with Gasteiger partial charge in [0.15, 0.2) is 5.82 Å². The van der Waals surface area contributed by atoms with Crippen LogP contribution in [0.4, 0.5) is 31.8 Å². The Bertz CT molecular complexity index is 1150. The highest BCUT2D eigenvalue weighted by Crippen LogP contribution is 2.33. The van der Waals surface area contributed by atoms with Crippen LogP contribution in [0.25, 0.3) is 0 Å². The van der Waals surface area contributed by atoms with E-state index < -0.39 is 40.2 Å². The number of carbonyl (C=O) groups excluding carboxylic acids is 2. The zero-order valence-corrected chi connectivity index (χ0v) is 16.7. The van der Waals surface area contributed by atoms with Gasteiger partial charge in [-0.15, -0.1) is 0 Å². The Balaban J connectivity index is 1.92. The van der Waals surface area contributed by atoms with Crippen molar-refractivity contribution in [2.75, 3.05) is 14.9 Å². The summed E-state index contributed by atoms with van der Waals surface area (Å²) in [4.78, 5) is 31.2. The van der Waals surface area contributed by atoms with Crippen molar-refractivity contribution in [2.45, 2.75) is 6.92 Å². The van der Waals surface area contributed by atoms with E-state index in [1.807, 2.05) is 0 Å². The summed E-state index contributed by atoms with van der Waals surface area (Å²) in [5, 5.41) is 4.52. The molecule has 0 radical (unpaired) electrons. The normalized spacial score (nSPS) is 11.5. The zero-order chi connectivity index (χ0) is 22.5. The van der Waals surface area contributed by atoms with Crippen LogP contribution in [-0.4, -0.2) is 30.5 Å². The minimum absolute atomic E-state index is 0.0365. The fraction of sp³-hybridized carbons (Fsp3) is 0.0526. The van der Waals surface area contributed by atoms with Crippen molar-refractivity contribution >= 4 is 46.1 Å². The largest absolute Gasteiger partial charge is 0.317 e. The van der Waals surface area contributed by atoms with E-state index in [0.29, 0.717) is 4.31 Å². The van der Waals surface area contributed by atoms with Crippen LogP contribution in [0.5, 0.6) is 0 Å². The Morgan fingerprint density at radius 1 is 1.06 bits per heavy atom. The molecule has 3 N–H and O–H groups in total. The lowest BCUT2D eigenvalue weighted by Gasteiger charge is -2.21. The molecule has 0 saturated carbocycles. The zero-order valence-electron chi connectivity index (χ0n) is 15.9. The number of rotatable bonds is 6. The number of nitrogens with zero attached hydrogens (tertiary/aromatic N) is 3. The summed E-state index contributed by atoms with van der Waals surface area (Å²) in [5.74, 6) is -3.48. The molecular weight excluding hydrogens is 432 g/mol. The van der Waals surface area contributed by atoms with Crippen molar-refractivity contribution in [3.05, 3.63) is 72.1 Å². The van der Waals surface area contributed by atoms with E-state index in [4.69, 9.17) is 0 Å². The topological polar surface area (TPSA) is 125 Å². The van der Waals surface area contributed by atoms with Crippen molar-refractivity contribution in [1.82, 2.24) is 9.97 Å². The van der Waals surface area contributed by atoms with E-state index in [9.17, 15) is 22.7 Å². The van der Waals surface area contributed by atoms with Crippen molar-refractivity contribution in [3.8, 4) is 0 Å². The molecule has 31 heavy (non-hydrogen) atoms. The van der Waals surface area contributed by atoms with Gasteiger partial charge in [0, 0.05) is 19.3 Å². The second-order valence-electron chi connectivity index (χ2n) is 6.04. The standard InChI is InChI=1S/C19H15F2N5O4S/c1-11(27)24-15-8-5-12(10-23-15)19(28)25-18-13(20)6-7-14(17(18)21)26(31(29)30)16-4-2-3-9-22-16/h2-10H,1H3,(H,25,28)(H,29,30)(H,23,24,27). The fourth-order valence-electron chi connectivity index (χ4n) is 2.54. The quantitative estimate of drug-likeness (QED) is 0.499. The highest BCUT2D eigenvalue weighted by atomic mass is 32.2. The minimum atomic E-state index is -2.74. The van der Waals surface area contributed by atoms with E-state index in [0.717, 1.165) is 18.3 Å². The number of benzene rings is 1. The van der Waals surface area contributed by atoms with E-state index in [1.165, 1.54) is 37.4 Å². The summed E-state index contributed by atoms with van der Waals surface area (Å²) < 4.78 is 51.4. The van der Waals surface area contributed by atoms with E-state index in [1.54, 1.807) is 6.07 Å². The lowest BCUT2D eigenvalue weighted by atomic mass is 10.2. The summed E-state index contributed by atoms with van der Waals surface area (Å²) in [7, 11) is 0. The van der Waals surface area contributed by atoms with Gasteiger partial charge in [-0.05, 0) is 36.4 Å². The number of pyridine rings is 2. The van der Waals surface area contributed by atoms with Crippen LogP contribution in [0.1, 0.15) is 17.3 Å². The maximum Gasteiger partial charge on any atom is 0.267 e. The lowest BCUT2D eigenvalue weighted by Crippen LogP contribution is -2.23. The molecule has 1 aromatic carbocycles. The summed E-state index contributed by atoms with van der Waals surface area (Å²) in [5.41, 5.74) is -1.33. The first-order chi connectivity index (χ1) is 14.8. The number of aromatic nitrogens is 2. The lowest BCUT2D eigenvalue weighted by molar-refractivity contribution is -0.114. The number of halogens is 2. The van der Waals surface area contributed by atoms with Crippen molar-refractivity contribution in [3.63, 3.8) is 0 Å².